The third kappa shape index (κ3) is 1.12. The molecule has 1 saturated heterocycles. The van der Waals surface area contributed by atoms with Crippen molar-refractivity contribution >= 4 is 0 Å². The molecule has 0 unspecified atom stereocenters. The van der Waals surface area contributed by atoms with E-state index in [4.69, 9.17) is 10.2 Å². The molecular weight excluding hydrogens is 94.0 g/mol. The van der Waals surface area contributed by atoms with Gasteiger partial charge >= 0.3 is 0 Å². The van der Waals surface area contributed by atoms with Crippen LogP contribution in [0.1, 0.15) is 6.42 Å². The van der Waals surface area contributed by atoms with Gasteiger partial charge in [-0.15, -0.1) is 0 Å². The predicted octanol–water partition coefficient (Wildman–Crippen LogP) is -1.32. The lowest BCUT2D eigenvalue weighted by atomic mass is 10.3. The first-order valence-corrected chi connectivity index (χ1v) is 2.29. The summed E-state index contributed by atoms with van der Waals surface area (Å²) < 4.78 is 0. The summed E-state index contributed by atoms with van der Waals surface area (Å²) >= 11 is 0. The molecule has 1 fully saturated rings. The van der Waals surface area contributed by atoms with Gasteiger partial charge in [0.1, 0.15) is 0 Å². The van der Waals surface area contributed by atoms with Crippen LogP contribution >= 0.6 is 0 Å². The van der Waals surface area contributed by atoms with E-state index in [0.717, 1.165) is 0 Å². The zero-order chi connectivity index (χ0) is 5.33. The van der Waals surface area contributed by atoms with Crippen LogP contribution in [0.3, 0.4) is 0 Å². The van der Waals surface area contributed by atoms with Crippen LogP contribution in [-0.4, -0.2) is 29.1 Å². The average molecular weight is 102 g/mol. The molecule has 0 aromatic rings. The van der Waals surface area contributed by atoms with Gasteiger partial charge in [-0.2, -0.15) is 0 Å². The zero-order valence-electron chi connectivity index (χ0n) is 3.96. The third-order valence-electron chi connectivity index (χ3n) is 1.04. The molecule has 0 amide bonds. The second kappa shape index (κ2) is 1.43. The van der Waals surface area contributed by atoms with E-state index in [0.29, 0.717) is 13.0 Å². The van der Waals surface area contributed by atoms with E-state index in [1.54, 1.807) is 0 Å². The Labute approximate surface area is 42.0 Å². The van der Waals surface area contributed by atoms with E-state index in [1.165, 1.54) is 0 Å². The Morgan fingerprint density at radius 2 is 2.14 bits per heavy atom. The fraction of sp³-hybridized carbons (Fsp3) is 1.00. The Kier molecular flexibility index (Phi) is 1.03. The van der Waals surface area contributed by atoms with Crippen molar-refractivity contribution in [2.75, 3.05) is 13.1 Å². The Hall–Kier alpha value is -0.120. The van der Waals surface area contributed by atoms with E-state index >= 15 is 0 Å². The Balaban J connectivity index is 2.40. The van der Waals surface area contributed by atoms with Crippen LogP contribution in [0.25, 0.3) is 0 Å². The van der Waals surface area contributed by atoms with Gasteiger partial charge < -0.3 is 10.2 Å². The van der Waals surface area contributed by atoms with E-state index < -0.39 is 5.79 Å². The maximum absolute atomic E-state index is 8.66. The van der Waals surface area contributed by atoms with Crippen LogP contribution in [0, 0.1) is 0 Å². The molecular formula is C4H8NO2. The minimum absolute atomic E-state index is 0.188. The van der Waals surface area contributed by atoms with Crippen molar-refractivity contribution in [3.63, 3.8) is 0 Å². The number of nitrogens with zero attached hydrogens (tertiary/aromatic N) is 1. The molecule has 0 bridgehead atoms. The molecule has 41 valence electrons. The van der Waals surface area contributed by atoms with E-state index in [1.807, 2.05) is 0 Å². The van der Waals surface area contributed by atoms with Gasteiger partial charge in [0.2, 0.25) is 0 Å². The van der Waals surface area contributed by atoms with Gasteiger partial charge in [-0.25, -0.2) is 5.32 Å². The zero-order valence-corrected chi connectivity index (χ0v) is 3.96. The van der Waals surface area contributed by atoms with Gasteiger partial charge in [-0.05, 0) is 0 Å². The maximum atomic E-state index is 8.66. The molecule has 1 aliphatic rings. The molecule has 0 spiro atoms. The van der Waals surface area contributed by atoms with Crippen molar-refractivity contribution in [3.8, 4) is 0 Å². The van der Waals surface area contributed by atoms with Gasteiger partial charge in [0.25, 0.3) is 0 Å². The monoisotopic (exact) mass is 102 g/mol. The van der Waals surface area contributed by atoms with E-state index in [9.17, 15) is 0 Å². The Bertz CT molecular complexity index is 64.1. The highest BCUT2D eigenvalue weighted by Crippen LogP contribution is 2.09. The molecule has 1 heterocycles. The highest BCUT2D eigenvalue weighted by Gasteiger charge is 2.27. The summed E-state index contributed by atoms with van der Waals surface area (Å²) in [6.45, 7) is 0.778. The van der Waals surface area contributed by atoms with Gasteiger partial charge in [0.15, 0.2) is 5.79 Å². The third-order valence-corrected chi connectivity index (χ3v) is 1.04. The van der Waals surface area contributed by atoms with Crippen LogP contribution in [0.15, 0.2) is 0 Å². The van der Waals surface area contributed by atoms with Gasteiger partial charge in [-0.3, -0.25) is 0 Å². The van der Waals surface area contributed by atoms with Crippen molar-refractivity contribution < 1.29 is 10.2 Å². The van der Waals surface area contributed by atoms with Crippen molar-refractivity contribution in [1.29, 1.82) is 0 Å². The van der Waals surface area contributed by atoms with Crippen molar-refractivity contribution in [2.45, 2.75) is 12.2 Å². The largest absolute Gasteiger partial charge is 0.364 e. The van der Waals surface area contributed by atoms with Gasteiger partial charge in [-0.1, -0.05) is 0 Å². The summed E-state index contributed by atoms with van der Waals surface area (Å²) in [6, 6.07) is 0. The summed E-state index contributed by atoms with van der Waals surface area (Å²) in [5.74, 6) is -1.47. The molecule has 2 N–H and O–H groups in total. The fourth-order valence-corrected chi connectivity index (χ4v) is 0.595. The summed E-state index contributed by atoms with van der Waals surface area (Å²) in [7, 11) is 0. The quantitative estimate of drug-likeness (QED) is 0.372. The van der Waals surface area contributed by atoms with Crippen LogP contribution in [-0.2, 0) is 0 Å². The number of aliphatic hydroxyl groups is 2. The minimum atomic E-state index is -1.47. The molecule has 3 nitrogen and oxygen atoms in total. The van der Waals surface area contributed by atoms with E-state index in [2.05, 4.69) is 5.32 Å². The van der Waals surface area contributed by atoms with Crippen LogP contribution in [0.4, 0.5) is 0 Å². The average Bonchev–Trinajstić information content (AvgIpc) is 1.84. The Morgan fingerprint density at radius 3 is 2.29 bits per heavy atom. The second-order valence-corrected chi connectivity index (χ2v) is 1.84. The lowest BCUT2D eigenvalue weighted by Gasteiger charge is -2.09. The molecule has 1 rings (SSSR count). The smallest absolute Gasteiger partial charge is 0.178 e. The fourth-order valence-electron chi connectivity index (χ4n) is 0.595. The topological polar surface area (TPSA) is 54.6 Å². The first-order valence-electron chi connectivity index (χ1n) is 2.29. The first-order chi connectivity index (χ1) is 3.21. The van der Waals surface area contributed by atoms with Crippen LogP contribution in [0.2, 0.25) is 0 Å². The minimum Gasteiger partial charge on any atom is -0.364 e. The highest BCUT2D eigenvalue weighted by molar-refractivity contribution is 4.75. The van der Waals surface area contributed by atoms with Crippen LogP contribution < -0.4 is 5.32 Å². The van der Waals surface area contributed by atoms with Crippen LogP contribution in [0.5, 0.6) is 0 Å². The Morgan fingerprint density at radius 1 is 1.43 bits per heavy atom. The normalized spacial score (nSPS) is 28.3. The summed E-state index contributed by atoms with van der Waals surface area (Å²) in [6.07, 6.45) is 0.396. The summed E-state index contributed by atoms with van der Waals surface area (Å²) in [4.78, 5) is 0. The number of hydrogen-bond donors (Lipinski definition) is 2. The molecule has 0 saturated carbocycles. The summed E-state index contributed by atoms with van der Waals surface area (Å²) in [5.41, 5.74) is 0. The first kappa shape index (κ1) is 5.03. The second-order valence-electron chi connectivity index (χ2n) is 1.84. The molecule has 1 radical (unpaired) electrons. The molecule has 3 heteroatoms. The van der Waals surface area contributed by atoms with E-state index in [-0.39, 0.29) is 6.54 Å². The number of rotatable bonds is 0. The molecule has 0 aromatic heterocycles. The lowest BCUT2D eigenvalue weighted by molar-refractivity contribution is -0.141. The molecule has 7 heavy (non-hydrogen) atoms. The standard InChI is InChI=1S/C4H8NO2/c6-4(7)1-2-5-3-4/h6-7H,1-3H2. The summed E-state index contributed by atoms with van der Waals surface area (Å²) in [5, 5.41) is 21.0. The van der Waals surface area contributed by atoms with Crippen molar-refractivity contribution in [3.05, 3.63) is 0 Å². The number of hydrogen-bond acceptors (Lipinski definition) is 2. The van der Waals surface area contributed by atoms with Crippen molar-refractivity contribution in [1.82, 2.24) is 5.32 Å². The highest BCUT2D eigenvalue weighted by atomic mass is 16.5. The molecule has 0 aliphatic carbocycles. The van der Waals surface area contributed by atoms with Gasteiger partial charge in [0.05, 0.1) is 6.54 Å². The molecule has 0 aromatic carbocycles. The van der Waals surface area contributed by atoms with Crippen molar-refractivity contribution in [2.24, 2.45) is 0 Å². The van der Waals surface area contributed by atoms with Gasteiger partial charge in [0, 0.05) is 13.0 Å². The maximum Gasteiger partial charge on any atom is 0.178 e. The predicted molar refractivity (Wildman–Crippen MR) is 23.7 cm³/mol. The SMILES string of the molecule is OC1(O)CC[N]C1. The molecule has 0 atom stereocenters. The molecule has 1 aliphatic heterocycles. The lowest BCUT2D eigenvalue weighted by Crippen LogP contribution is -2.28.